The van der Waals surface area contributed by atoms with Gasteiger partial charge in [-0.2, -0.15) is 0 Å². The minimum Gasteiger partial charge on any atom is -0.444 e. The molecule has 4 N–H and O–H groups in total. The first-order valence-corrected chi connectivity index (χ1v) is 7.93. The lowest BCUT2D eigenvalue weighted by Crippen LogP contribution is -2.34. The highest BCUT2D eigenvalue weighted by Gasteiger charge is 2.15. The zero-order chi connectivity index (χ0) is 17.5. The number of amides is 2. The van der Waals surface area contributed by atoms with E-state index in [0.717, 1.165) is 13.0 Å². The van der Waals surface area contributed by atoms with Gasteiger partial charge in [0, 0.05) is 25.8 Å². The van der Waals surface area contributed by atoms with Crippen LogP contribution in [0, 0.1) is 0 Å². The van der Waals surface area contributed by atoms with Crippen LogP contribution in [-0.4, -0.2) is 35.3 Å². The van der Waals surface area contributed by atoms with Crippen molar-refractivity contribution in [2.24, 2.45) is 0 Å². The third-order valence-electron chi connectivity index (χ3n) is 2.92. The molecule has 0 aliphatic carbocycles. The van der Waals surface area contributed by atoms with Crippen molar-refractivity contribution in [2.45, 2.75) is 52.7 Å². The Labute approximate surface area is 137 Å². The van der Waals surface area contributed by atoms with E-state index in [1.807, 2.05) is 32.3 Å². The summed E-state index contributed by atoms with van der Waals surface area (Å²) in [4.78, 5) is 23.6. The van der Waals surface area contributed by atoms with Crippen LogP contribution in [0.1, 0.15) is 51.0 Å². The number of hydrogen-bond acceptors (Lipinski definition) is 4. The third kappa shape index (κ3) is 7.08. The van der Waals surface area contributed by atoms with Gasteiger partial charge in [-0.15, -0.1) is 0 Å². The third-order valence-corrected chi connectivity index (χ3v) is 2.92. The van der Waals surface area contributed by atoms with E-state index in [-0.39, 0.29) is 5.91 Å². The van der Waals surface area contributed by atoms with E-state index < -0.39 is 11.7 Å². The number of aromatic nitrogens is 1. The summed E-state index contributed by atoms with van der Waals surface area (Å²) in [6.07, 6.45) is 2.86. The highest BCUT2D eigenvalue weighted by molar-refractivity contribution is 5.93. The van der Waals surface area contributed by atoms with Crippen LogP contribution in [0.3, 0.4) is 0 Å². The fourth-order valence-corrected chi connectivity index (χ4v) is 2.03. The van der Waals surface area contributed by atoms with Crippen molar-refractivity contribution in [1.29, 1.82) is 0 Å². The van der Waals surface area contributed by atoms with E-state index in [4.69, 9.17) is 10.5 Å². The number of nitrogens with two attached hydrogens (primary N) is 1. The molecule has 7 nitrogen and oxygen atoms in total. The van der Waals surface area contributed by atoms with Gasteiger partial charge in [-0.25, -0.2) is 4.79 Å². The molecule has 0 aromatic carbocycles. The summed E-state index contributed by atoms with van der Waals surface area (Å²) < 4.78 is 6.98. The van der Waals surface area contributed by atoms with Crippen molar-refractivity contribution in [2.75, 3.05) is 18.8 Å². The largest absolute Gasteiger partial charge is 0.444 e. The maximum absolute atomic E-state index is 12.1. The molecule has 0 saturated heterocycles. The number of carbonyl (C=O) groups excluding carboxylic acids is 2. The molecule has 2 amide bonds. The fourth-order valence-electron chi connectivity index (χ4n) is 2.03. The molecule has 0 aliphatic rings. The SMILES string of the molecule is CCCn1cc(N)cc1C(=O)NCCCNC(=O)OC(C)(C)C. The minimum absolute atomic E-state index is 0.160. The molecule has 0 fully saturated rings. The fraction of sp³-hybridized carbons (Fsp3) is 0.625. The number of ether oxygens (including phenoxy) is 1. The van der Waals surface area contributed by atoms with Crippen LogP contribution in [0.4, 0.5) is 10.5 Å². The van der Waals surface area contributed by atoms with Crippen molar-refractivity contribution in [3.63, 3.8) is 0 Å². The van der Waals surface area contributed by atoms with Crippen LogP contribution in [0.2, 0.25) is 0 Å². The van der Waals surface area contributed by atoms with E-state index in [2.05, 4.69) is 10.6 Å². The standard InChI is InChI=1S/C16H28N4O3/c1-5-9-20-11-12(17)10-13(20)14(21)18-7-6-8-19-15(22)23-16(2,3)4/h10-11H,5-9,17H2,1-4H3,(H,18,21)(H,19,22). The van der Waals surface area contributed by atoms with Crippen LogP contribution >= 0.6 is 0 Å². The van der Waals surface area contributed by atoms with Crippen LogP contribution in [0.5, 0.6) is 0 Å². The molecule has 0 bridgehead atoms. The molecule has 130 valence electrons. The highest BCUT2D eigenvalue weighted by atomic mass is 16.6. The Hall–Kier alpha value is -2.18. The number of nitrogens with zero attached hydrogens (tertiary/aromatic N) is 1. The molecule has 1 aromatic rings. The number of hydrogen-bond donors (Lipinski definition) is 3. The average molecular weight is 324 g/mol. The summed E-state index contributed by atoms with van der Waals surface area (Å²) in [6.45, 7) is 9.12. The average Bonchev–Trinajstić information content (AvgIpc) is 2.77. The molecule has 0 atom stereocenters. The number of rotatable bonds is 7. The zero-order valence-corrected chi connectivity index (χ0v) is 14.4. The zero-order valence-electron chi connectivity index (χ0n) is 14.4. The van der Waals surface area contributed by atoms with Crippen LogP contribution < -0.4 is 16.4 Å². The van der Waals surface area contributed by atoms with Crippen molar-refractivity contribution < 1.29 is 14.3 Å². The lowest BCUT2D eigenvalue weighted by Gasteiger charge is -2.19. The quantitative estimate of drug-likeness (QED) is 0.669. The highest BCUT2D eigenvalue weighted by Crippen LogP contribution is 2.11. The van der Waals surface area contributed by atoms with Gasteiger partial charge < -0.3 is 25.7 Å². The molecular formula is C16H28N4O3. The van der Waals surface area contributed by atoms with Crippen LogP contribution in [-0.2, 0) is 11.3 Å². The summed E-state index contributed by atoms with van der Waals surface area (Å²) in [6, 6.07) is 1.67. The van der Waals surface area contributed by atoms with Gasteiger partial charge in [0.25, 0.3) is 5.91 Å². The number of carbonyl (C=O) groups is 2. The van der Waals surface area contributed by atoms with Gasteiger partial charge in [-0.1, -0.05) is 6.92 Å². The first-order chi connectivity index (χ1) is 10.7. The lowest BCUT2D eigenvalue weighted by molar-refractivity contribution is 0.0527. The number of nitrogens with one attached hydrogen (secondary N) is 2. The maximum Gasteiger partial charge on any atom is 0.407 e. The van der Waals surface area contributed by atoms with Gasteiger partial charge in [-0.3, -0.25) is 4.79 Å². The molecule has 0 saturated carbocycles. The number of nitrogen functional groups attached to an aromatic ring is 1. The second-order valence-corrected chi connectivity index (χ2v) is 6.39. The predicted octanol–water partition coefficient (Wildman–Crippen LogP) is 2.12. The Morgan fingerprint density at radius 2 is 1.91 bits per heavy atom. The Morgan fingerprint density at radius 1 is 1.26 bits per heavy atom. The van der Waals surface area contributed by atoms with Gasteiger partial charge >= 0.3 is 6.09 Å². The molecule has 0 unspecified atom stereocenters. The van der Waals surface area contributed by atoms with E-state index in [1.54, 1.807) is 12.3 Å². The number of alkyl carbamates (subject to hydrolysis) is 1. The van der Waals surface area contributed by atoms with Crippen molar-refractivity contribution in [3.8, 4) is 0 Å². The van der Waals surface area contributed by atoms with Gasteiger partial charge in [0.15, 0.2) is 0 Å². The first kappa shape index (κ1) is 18.9. The predicted molar refractivity (Wildman–Crippen MR) is 90.3 cm³/mol. The second-order valence-electron chi connectivity index (χ2n) is 6.39. The van der Waals surface area contributed by atoms with Crippen molar-refractivity contribution in [3.05, 3.63) is 18.0 Å². The Morgan fingerprint density at radius 3 is 2.52 bits per heavy atom. The topological polar surface area (TPSA) is 98.4 Å². The molecule has 0 spiro atoms. The molecule has 0 aliphatic heterocycles. The minimum atomic E-state index is -0.511. The van der Waals surface area contributed by atoms with Gasteiger partial charge in [0.05, 0.1) is 5.69 Å². The molecular weight excluding hydrogens is 296 g/mol. The van der Waals surface area contributed by atoms with Crippen molar-refractivity contribution >= 4 is 17.7 Å². The maximum atomic E-state index is 12.1. The molecule has 1 rings (SSSR count). The van der Waals surface area contributed by atoms with E-state index in [1.165, 1.54) is 0 Å². The lowest BCUT2D eigenvalue weighted by atomic mass is 10.2. The van der Waals surface area contributed by atoms with E-state index in [0.29, 0.717) is 30.9 Å². The monoisotopic (exact) mass is 324 g/mol. The summed E-state index contributed by atoms with van der Waals surface area (Å²) in [5.74, 6) is -0.160. The Balaban J connectivity index is 2.31. The van der Waals surface area contributed by atoms with E-state index in [9.17, 15) is 9.59 Å². The smallest absolute Gasteiger partial charge is 0.407 e. The summed E-state index contributed by atoms with van der Waals surface area (Å²) in [5.41, 5.74) is 6.37. The Kier molecular flexibility index (Phi) is 6.93. The summed E-state index contributed by atoms with van der Waals surface area (Å²) >= 11 is 0. The van der Waals surface area contributed by atoms with Gasteiger partial charge in [0.1, 0.15) is 11.3 Å². The molecule has 23 heavy (non-hydrogen) atoms. The molecule has 0 radical (unpaired) electrons. The van der Waals surface area contributed by atoms with E-state index >= 15 is 0 Å². The molecule has 7 heteroatoms. The molecule has 1 heterocycles. The Bertz CT molecular complexity index is 532. The van der Waals surface area contributed by atoms with Crippen molar-refractivity contribution in [1.82, 2.24) is 15.2 Å². The number of anilines is 1. The normalized spacial score (nSPS) is 11.1. The van der Waals surface area contributed by atoms with Gasteiger partial charge in [0.2, 0.25) is 0 Å². The number of aryl methyl sites for hydroxylation is 1. The van der Waals surface area contributed by atoms with Crippen LogP contribution in [0.25, 0.3) is 0 Å². The molecule has 1 aromatic heterocycles. The summed E-state index contributed by atoms with van der Waals surface area (Å²) in [7, 11) is 0. The van der Waals surface area contributed by atoms with Crippen LogP contribution in [0.15, 0.2) is 12.3 Å². The second kappa shape index (κ2) is 8.45. The van der Waals surface area contributed by atoms with Gasteiger partial charge in [-0.05, 0) is 39.7 Å². The first-order valence-electron chi connectivity index (χ1n) is 7.93. The summed E-state index contributed by atoms with van der Waals surface area (Å²) in [5, 5.41) is 5.48.